The lowest BCUT2D eigenvalue weighted by Gasteiger charge is -2.32. The van der Waals surface area contributed by atoms with E-state index in [1.165, 1.54) is 12.8 Å². The summed E-state index contributed by atoms with van der Waals surface area (Å²) in [6.07, 6.45) is 4.20. The molecule has 4 heteroatoms. The zero-order valence-electron chi connectivity index (χ0n) is 8.09. The van der Waals surface area contributed by atoms with Gasteiger partial charge in [-0.1, -0.05) is 12.1 Å². The number of aromatic nitrogens is 4. The van der Waals surface area contributed by atoms with Gasteiger partial charge in [0.15, 0.2) is 5.65 Å². The molecule has 0 unspecified atom stereocenters. The van der Waals surface area contributed by atoms with Crippen molar-refractivity contribution < 1.29 is 0 Å². The van der Waals surface area contributed by atoms with Gasteiger partial charge in [0, 0.05) is 6.20 Å². The van der Waals surface area contributed by atoms with Gasteiger partial charge in [0.1, 0.15) is 5.52 Å². The summed E-state index contributed by atoms with van der Waals surface area (Å²) in [6.45, 7) is 2.27. The first kappa shape index (κ1) is 7.91. The van der Waals surface area contributed by atoms with Gasteiger partial charge in [0.05, 0.1) is 6.04 Å². The predicted molar refractivity (Wildman–Crippen MR) is 52.8 cm³/mol. The minimum absolute atomic E-state index is 0.518. The molecule has 4 nitrogen and oxygen atoms in total. The van der Waals surface area contributed by atoms with Gasteiger partial charge >= 0.3 is 0 Å². The van der Waals surface area contributed by atoms with Crippen LogP contribution >= 0.6 is 0 Å². The Bertz CT molecular complexity index is 456. The standard InChI is InChI=1S/C10H12N4/c1-7-5-8(6-7)14-10-9(12-13-14)3-2-4-11-10/h2-4,7-8H,5-6H2,1H3. The average molecular weight is 188 g/mol. The van der Waals surface area contributed by atoms with Crippen molar-refractivity contribution in [1.29, 1.82) is 0 Å². The zero-order chi connectivity index (χ0) is 9.54. The summed E-state index contributed by atoms with van der Waals surface area (Å²) in [7, 11) is 0. The van der Waals surface area contributed by atoms with Crippen molar-refractivity contribution in [3.05, 3.63) is 18.3 Å². The van der Waals surface area contributed by atoms with Crippen molar-refractivity contribution in [3.8, 4) is 0 Å². The van der Waals surface area contributed by atoms with E-state index in [2.05, 4.69) is 22.2 Å². The number of pyridine rings is 1. The molecule has 0 N–H and O–H groups in total. The molecule has 0 spiro atoms. The fourth-order valence-corrected chi connectivity index (χ4v) is 2.09. The fourth-order valence-electron chi connectivity index (χ4n) is 2.09. The quantitative estimate of drug-likeness (QED) is 0.685. The smallest absolute Gasteiger partial charge is 0.178 e. The second kappa shape index (κ2) is 2.77. The molecule has 1 aliphatic rings. The number of hydrogen-bond donors (Lipinski definition) is 0. The Balaban J connectivity index is 2.05. The zero-order valence-corrected chi connectivity index (χ0v) is 8.09. The summed E-state index contributed by atoms with van der Waals surface area (Å²) in [5.41, 5.74) is 1.82. The largest absolute Gasteiger partial charge is 0.235 e. The molecule has 0 amide bonds. The van der Waals surface area contributed by atoms with Crippen LogP contribution in [0.15, 0.2) is 18.3 Å². The van der Waals surface area contributed by atoms with Crippen LogP contribution in [0.2, 0.25) is 0 Å². The number of fused-ring (bicyclic) bond motifs is 1. The highest BCUT2D eigenvalue weighted by atomic mass is 15.5. The van der Waals surface area contributed by atoms with Gasteiger partial charge < -0.3 is 0 Å². The Kier molecular flexibility index (Phi) is 1.56. The fraction of sp³-hybridized carbons (Fsp3) is 0.500. The van der Waals surface area contributed by atoms with E-state index in [1.807, 2.05) is 16.8 Å². The molecule has 1 aliphatic carbocycles. The Hall–Kier alpha value is -1.45. The molecule has 0 bridgehead atoms. The van der Waals surface area contributed by atoms with Gasteiger partial charge in [0.2, 0.25) is 0 Å². The van der Waals surface area contributed by atoms with Gasteiger partial charge in [0.25, 0.3) is 0 Å². The number of rotatable bonds is 1. The third-order valence-electron chi connectivity index (χ3n) is 2.93. The van der Waals surface area contributed by atoms with Gasteiger partial charge in [-0.15, -0.1) is 5.10 Å². The summed E-state index contributed by atoms with van der Waals surface area (Å²) in [4.78, 5) is 4.31. The molecule has 1 fully saturated rings. The maximum Gasteiger partial charge on any atom is 0.178 e. The highest BCUT2D eigenvalue weighted by molar-refractivity contribution is 5.68. The van der Waals surface area contributed by atoms with Crippen LogP contribution in [0, 0.1) is 5.92 Å². The van der Waals surface area contributed by atoms with Crippen molar-refractivity contribution in [3.63, 3.8) is 0 Å². The monoisotopic (exact) mass is 188 g/mol. The van der Waals surface area contributed by atoms with Crippen LogP contribution in [0.5, 0.6) is 0 Å². The molecule has 72 valence electrons. The maximum absolute atomic E-state index is 4.31. The molecule has 0 radical (unpaired) electrons. The number of hydrogen-bond acceptors (Lipinski definition) is 3. The molecule has 0 saturated heterocycles. The molecule has 1 saturated carbocycles. The molecule has 2 aromatic rings. The first-order valence-electron chi connectivity index (χ1n) is 5.00. The van der Waals surface area contributed by atoms with Crippen molar-refractivity contribution in [1.82, 2.24) is 20.0 Å². The van der Waals surface area contributed by atoms with E-state index in [0.717, 1.165) is 17.1 Å². The molecule has 0 aromatic carbocycles. The van der Waals surface area contributed by atoms with E-state index >= 15 is 0 Å². The number of nitrogens with zero attached hydrogens (tertiary/aromatic N) is 4. The third-order valence-corrected chi connectivity index (χ3v) is 2.93. The normalized spacial score (nSPS) is 26.4. The van der Waals surface area contributed by atoms with Crippen molar-refractivity contribution >= 4 is 11.2 Å². The van der Waals surface area contributed by atoms with E-state index in [4.69, 9.17) is 0 Å². The lowest BCUT2D eigenvalue weighted by atomic mass is 9.82. The Morgan fingerprint density at radius 1 is 1.43 bits per heavy atom. The minimum Gasteiger partial charge on any atom is -0.235 e. The average Bonchev–Trinajstić information content (AvgIpc) is 2.56. The van der Waals surface area contributed by atoms with Gasteiger partial charge in [-0.2, -0.15) is 0 Å². The summed E-state index contributed by atoms with van der Waals surface area (Å²) in [5.74, 6) is 0.822. The first-order valence-corrected chi connectivity index (χ1v) is 5.00. The molecule has 2 heterocycles. The summed E-state index contributed by atoms with van der Waals surface area (Å²) in [5, 5.41) is 8.25. The van der Waals surface area contributed by atoms with Crippen LogP contribution in [-0.2, 0) is 0 Å². The molecule has 2 aromatic heterocycles. The van der Waals surface area contributed by atoms with Gasteiger partial charge in [-0.25, -0.2) is 9.67 Å². The second-order valence-electron chi connectivity index (χ2n) is 4.11. The van der Waals surface area contributed by atoms with E-state index in [1.54, 1.807) is 6.20 Å². The second-order valence-corrected chi connectivity index (χ2v) is 4.11. The topological polar surface area (TPSA) is 43.6 Å². The van der Waals surface area contributed by atoms with Crippen molar-refractivity contribution in [2.75, 3.05) is 0 Å². The lowest BCUT2D eigenvalue weighted by molar-refractivity contribution is 0.202. The Morgan fingerprint density at radius 2 is 2.29 bits per heavy atom. The molecule has 0 aliphatic heterocycles. The van der Waals surface area contributed by atoms with Gasteiger partial charge in [-0.05, 0) is 30.9 Å². The molecule has 14 heavy (non-hydrogen) atoms. The SMILES string of the molecule is CC1CC(n2nnc3cccnc32)C1. The maximum atomic E-state index is 4.31. The summed E-state index contributed by atoms with van der Waals surface area (Å²) in [6, 6.07) is 4.36. The van der Waals surface area contributed by atoms with Gasteiger partial charge in [-0.3, -0.25) is 0 Å². The minimum atomic E-state index is 0.518. The summed E-state index contributed by atoms with van der Waals surface area (Å²) >= 11 is 0. The lowest BCUT2D eigenvalue weighted by Crippen LogP contribution is -2.25. The molecular formula is C10H12N4. The predicted octanol–water partition coefficient (Wildman–Crippen LogP) is 1.80. The molecule has 3 rings (SSSR count). The van der Waals surface area contributed by atoms with E-state index in [-0.39, 0.29) is 0 Å². The Morgan fingerprint density at radius 3 is 3.07 bits per heavy atom. The van der Waals surface area contributed by atoms with Crippen LogP contribution < -0.4 is 0 Å². The highest BCUT2D eigenvalue weighted by Crippen LogP contribution is 2.37. The van der Waals surface area contributed by atoms with E-state index in [9.17, 15) is 0 Å². The van der Waals surface area contributed by atoms with E-state index < -0.39 is 0 Å². The van der Waals surface area contributed by atoms with Crippen LogP contribution in [0.3, 0.4) is 0 Å². The highest BCUT2D eigenvalue weighted by Gasteiger charge is 2.29. The van der Waals surface area contributed by atoms with Crippen LogP contribution in [-0.4, -0.2) is 20.0 Å². The molecule has 0 atom stereocenters. The van der Waals surface area contributed by atoms with Crippen LogP contribution in [0.1, 0.15) is 25.8 Å². The molecular weight excluding hydrogens is 176 g/mol. The first-order chi connectivity index (χ1) is 6.84. The van der Waals surface area contributed by atoms with E-state index in [0.29, 0.717) is 6.04 Å². The van der Waals surface area contributed by atoms with Crippen molar-refractivity contribution in [2.45, 2.75) is 25.8 Å². The van der Waals surface area contributed by atoms with Crippen molar-refractivity contribution in [2.24, 2.45) is 5.92 Å². The Labute approximate surface area is 81.9 Å². The third kappa shape index (κ3) is 1.03. The van der Waals surface area contributed by atoms with Crippen LogP contribution in [0.25, 0.3) is 11.2 Å². The van der Waals surface area contributed by atoms with Crippen LogP contribution in [0.4, 0.5) is 0 Å². The summed E-state index contributed by atoms with van der Waals surface area (Å²) < 4.78 is 1.97.